The maximum Gasteiger partial charge on any atom is 0.409 e. The minimum atomic E-state index is -3.99. The Kier molecular flexibility index (Phi) is 9.11. The average Bonchev–Trinajstić information content (AvgIpc) is 2.85. The SMILES string of the molecule is CCOC(=O)N1CCN(C(=O)[C@H](Cc2ccccc2)NS(=O)(=O)c2ccc(OCC)c(C)c2)CC1. The molecule has 0 aliphatic carbocycles. The molecule has 0 radical (unpaired) electrons. The number of sulfonamides is 1. The van der Waals surface area contributed by atoms with E-state index >= 15 is 0 Å². The number of nitrogens with one attached hydrogen (secondary N) is 1. The van der Waals surface area contributed by atoms with Gasteiger partial charge in [-0.05, 0) is 56.5 Å². The van der Waals surface area contributed by atoms with Gasteiger partial charge in [0.05, 0.1) is 18.1 Å². The number of carbonyl (C=O) groups excluding carboxylic acids is 2. The Morgan fingerprint density at radius 1 is 0.971 bits per heavy atom. The second kappa shape index (κ2) is 12.0. The lowest BCUT2D eigenvalue weighted by Crippen LogP contribution is -2.56. The largest absolute Gasteiger partial charge is 0.494 e. The maximum atomic E-state index is 13.5. The lowest BCUT2D eigenvalue weighted by Gasteiger charge is -2.36. The summed E-state index contributed by atoms with van der Waals surface area (Å²) in [5.74, 6) is 0.284. The van der Waals surface area contributed by atoms with Crippen molar-refractivity contribution in [2.24, 2.45) is 0 Å². The molecule has 190 valence electrons. The molecule has 1 N–H and O–H groups in total. The van der Waals surface area contributed by atoms with Crippen molar-refractivity contribution in [3.05, 3.63) is 59.7 Å². The van der Waals surface area contributed by atoms with Gasteiger partial charge in [0.15, 0.2) is 0 Å². The number of rotatable bonds is 9. The van der Waals surface area contributed by atoms with Gasteiger partial charge in [-0.2, -0.15) is 4.72 Å². The van der Waals surface area contributed by atoms with E-state index in [2.05, 4.69) is 4.72 Å². The van der Waals surface area contributed by atoms with Crippen LogP contribution in [0.5, 0.6) is 5.75 Å². The summed E-state index contributed by atoms with van der Waals surface area (Å²) in [5.41, 5.74) is 1.53. The highest BCUT2D eigenvalue weighted by atomic mass is 32.2. The molecule has 1 aliphatic heterocycles. The number of carbonyl (C=O) groups is 2. The summed E-state index contributed by atoms with van der Waals surface area (Å²) in [5, 5.41) is 0. The summed E-state index contributed by atoms with van der Waals surface area (Å²) in [7, 11) is -3.99. The molecule has 1 fully saturated rings. The molecule has 0 bridgehead atoms. The Morgan fingerprint density at radius 3 is 2.23 bits per heavy atom. The number of ether oxygens (including phenoxy) is 2. The van der Waals surface area contributed by atoms with Crippen molar-refractivity contribution in [1.82, 2.24) is 14.5 Å². The Hall–Kier alpha value is -3.11. The van der Waals surface area contributed by atoms with Crippen molar-refractivity contribution in [3.8, 4) is 5.75 Å². The molecule has 0 spiro atoms. The van der Waals surface area contributed by atoms with Gasteiger partial charge in [-0.15, -0.1) is 0 Å². The van der Waals surface area contributed by atoms with Gasteiger partial charge in [0.1, 0.15) is 11.8 Å². The van der Waals surface area contributed by atoms with E-state index in [9.17, 15) is 18.0 Å². The van der Waals surface area contributed by atoms with Crippen LogP contribution in [0.1, 0.15) is 25.0 Å². The van der Waals surface area contributed by atoms with Crippen LogP contribution in [0.2, 0.25) is 0 Å². The number of hydrogen-bond acceptors (Lipinski definition) is 6. The molecule has 1 saturated heterocycles. The van der Waals surface area contributed by atoms with Gasteiger partial charge < -0.3 is 19.3 Å². The Balaban J connectivity index is 1.79. The first-order valence-corrected chi connectivity index (χ1v) is 13.2. The van der Waals surface area contributed by atoms with Crippen molar-refractivity contribution in [3.63, 3.8) is 0 Å². The third-order valence-electron chi connectivity index (χ3n) is 5.75. The van der Waals surface area contributed by atoms with E-state index in [-0.39, 0.29) is 23.8 Å². The molecular formula is C25H33N3O6S. The van der Waals surface area contributed by atoms with Crippen LogP contribution in [0, 0.1) is 6.92 Å². The van der Waals surface area contributed by atoms with Crippen LogP contribution in [0.25, 0.3) is 0 Å². The van der Waals surface area contributed by atoms with Crippen molar-refractivity contribution in [1.29, 1.82) is 0 Å². The normalized spacial score (nSPS) is 14.9. The van der Waals surface area contributed by atoms with Crippen molar-refractivity contribution in [2.75, 3.05) is 39.4 Å². The van der Waals surface area contributed by atoms with E-state index in [0.29, 0.717) is 44.1 Å². The molecule has 0 aromatic heterocycles. The lowest BCUT2D eigenvalue weighted by atomic mass is 10.1. The highest BCUT2D eigenvalue weighted by Gasteiger charge is 2.32. The molecule has 2 amide bonds. The molecule has 1 aliphatic rings. The smallest absolute Gasteiger partial charge is 0.409 e. The van der Waals surface area contributed by atoms with Crippen molar-refractivity contribution >= 4 is 22.0 Å². The Labute approximate surface area is 207 Å². The van der Waals surface area contributed by atoms with Gasteiger partial charge in [-0.3, -0.25) is 4.79 Å². The fourth-order valence-electron chi connectivity index (χ4n) is 3.94. The van der Waals surface area contributed by atoms with Crippen LogP contribution in [0.15, 0.2) is 53.4 Å². The van der Waals surface area contributed by atoms with Crippen LogP contribution < -0.4 is 9.46 Å². The molecule has 1 heterocycles. The highest BCUT2D eigenvalue weighted by molar-refractivity contribution is 7.89. The predicted octanol–water partition coefficient (Wildman–Crippen LogP) is 2.58. The van der Waals surface area contributed by atoms with E-state index in [4.69, 9.17) is 9.47 Å². The van der Waals surface area contributed by atoms with Crippen molar-refractivity contribution < 1.29 is 27.5 Å². The van der Waals surface area contributed by atoms with Crippen molar-refractivity contribution in [2.45, 2.75) is 38.1 Å². The zero-order chi connectivity index (χ0) is 25.4. The van der Waals surface area contributed by atoms with Crippen LogP contribution in [0.3, 0.4) is 0 Å². The van der Waals surface area contributed by atoms with Gasteiger partial charge in [-0.25, -0.2) is 13.2 Å². The fourth-order valence-corrected chi connectivity index (χ4v) is 5.21. The molecule has 2 aromatic carbocycles. The summed E-state index contributed by atoms with van der Waals surface area (Å²) in [6, 6.07) is 12.9. The summed E-state index contributed by atoms with van der Waals surface area (Å²) < 4.78 is 39.7. The number of piperazine rings is 1. The number of benzene rings is 2. The van der Waals surface area contributed by atoms with Gasteiger partial charge >= 0.3 is 6.09 Å². The summed E-state index contributed by atoms with van der Waals surface area (Å²) in [6.45, 7) is 7.38. The molecule has 1 atom stereocenters. The average molecular weight is 504 g/mol. The molecule has 10 heteroatoms. The summed E-state index contributed by atoms with van der Waals surface area (Å²) in [4.78, 5) is 28.7. The van der Waals surface area contributed by atoms with Gasteiger partial charge in [0.2, 0.25) is 15.9 Å². The standard InChI is InChI=1S/C25H33N3O6S/c1-4-33-23-12-11-21(17-19(23)3)35(31,32)26-22(18-20-9-7-6-8-10-20)24(29)27-13-15-28(16-14-27)25(30)34-5-2/h6-12,17,22,26H,4-5,13-16,18H2,1-3H3/t22-/m0/s1. The van der Waals surface area contributed by atoms with Crippen LogP contribution >= 0.6 is 0 Å². The second-order valence-corrected chi connectivity index (χ2v) is 9.95. The minimum absolute atomic E-state index is 0.0662. The fraction of sp³-hybridized carbons (Fsp3) is 0.440. The van der Waals surface area contributed by atoms with E-state index in [0.717, 1.165) is 5.56 Å². The predicted molar refractivity (Wildman–Crippen MR) is 132 cm³/mol. The topological polar surface area (TPSA) is 105 Å². The first kappa shape index (κ1) is 26.5. The van der Waals surface area contributed by atoms with Gasteiger partial charge in [-0.1, -0.05) is 30.3 Å². The van der Waals surface area contributed by atoms with Crippen LogP contribution in [-0.4, -0.2) is 75.7 Å². The Bertz CT molecular complexity index is 1120. The summed E-state index contributed by atoms with van der Waals surface area (Å²) in [6.07, 6.45) is -0.209. The van der Waals surface area contributed by atoms with Gasteiger partial charge in [0.25, 0.3) is 0 Å². The van der Waals surface area contributed by atoms with Crippen LogP contribution in [-0.2, 0) is 26.0 Å². The zero-order valence-electron chi connectivity index (χ0n) is 20.4. The third kappa shape index (κ3) is 6.95. The highest BCUT2D eigenvalue weighted by Crippen LogP contribution is 2.22. The molecular weight excluding hydrogens is 470 g/mol. The van der Waals surface area contributed by atoms with Gasteiger partial charge in [0, 0.05) is 26.2 Å². The third-order valence-corrected chi connectivity index (χ3v) is 7.22. The van der Waals surface area contributed by atoms with E-state index in [1.165, 1.54) is 12.1 Å². The van der Waals surface area contributed by atoms with E-state index < -0.39 is 22.2 Å². The molecule has 0 unspecified atom stereocenters. The maximum absolute atomic E-state index is 13.5. The first-order valence-electron chi connectivity index (χ1n) is 11.7. The minimum Gasteiger partial charge on any atom is -0.494 e. The van der Waals surface area contributed by atoms with E-state index in [1.807, 2.05) is 37.3 Å². The second-order valence-electron chi connectivity index (χ2n) is 8.24. The molecule has 0 saturated carbocycles. The molecule has 3 rings (SSSR count). The molecule has 9 nitrogen and oxygen atoms in total. The number of aryl methyl sites for hydroxylation is 1. The Morgan fingerprint density at radius 2 is 1.63 bits per heavy atom. The van der Waals surface area contributed by atoms with E-state index in [1.54, 1.807) is 29.7 Å². The number of nitrogens with zero attached hydrogens (tertiary/aromatic N) is 2. The van der Waals surface area contributed by atoms with Crippen LogP contribution in [0.4, 0.5) is 4.79 Å². The number of hydrogen-bond donors (Lipinski definition) is 1. The monoisotopic (exact) mass is 503 g/mol. The quantitative estimate of drug-likeness (QED) is 0.564. The lowest BCUT2D eigenvalue weighted by molar-refractivity contribution is -0.134. The zero-order valence-corrected chi connectivity index (χ0v) is 21.2. The molecule has 2 aromatic rings. The number of amides is 2. The summed E-state index contributed by atoms with van der Waals surface area (Å²) >= 11 is 0. The first-order chi connectivity index (χ1) is 16.7. The molecule has 35 heavy (non-hydrogen) atoms.